The maximum Gasteiger partial charge on any atom is 0.306 e. The van der Waals surface area contributed by atoms with Gasteiger partial charge in [-0.15, -0.1) is 0 Å². The molecule has 4 aliphatic rings. The van der Waals surface area contributed by atoms with Crippen molar-refractivity contribution in [3.8, 4) is 0 Å². The van der Waals surface area contributed by atoms with Gasteiger partial charge in [-0.2, -0.15) is 0 Å². The molecule has 220 valence electrons. The fourth-order valence-electron chi connectivity index (χ4n) is 8.06. The lowest BCUT2D eigenvalue weighted by atomic mass is 9.46. The lowest BCUT2D eigenvalue weighted by Crippen LogP contribution is -2.61. The summed E-state index contributed by atoms with van der Waals surface area (Å²) >= 11 is 0. The number of carboxylic acid groups (broad SMARTS) is 1. The summed E-state index contributed by atoms with van der Waals surface area (Å²) in [5, 5.41) is 34.4. The summed E-state index contributed by atoms with van der Waals surface area (Å²) in [6, 6.07) is 0. The molecule has 0 saturated heterocycles. The van der Waals surface area contributed by atoms with E-state index in [-0.39, 0.29) is 61.5 Å². The van der Waals surface area contributed by atoms with Crippen LogP contribution in [-0.2, 0) is 28.7 Å². The Kier molecular flexibility index (Phi) is 8.71. The van der Waals surface area contributed by atoms with Gasteiger partial charge in [0.2, 0.25) is 11.7 Å². The third-order valence-electron chi connectivity index (χ3n) is 10.2. The SMILES string of the molecule is CC12C=CC(=O)C=C1CCC1C2C(O)CC2(C)C1CCC2(O)C(=O)COC(=O)CCC(=O)NCCCCC(=O)O. The number of allylic oxidation sites excluding steroid dienone is 4. The molecule has 10 nitrogen and oxygen atoms in total. The van der Waals surface area contributed by atoms with E-state index >= 15 is 0 Å². The van der Waals surface area contributed by atoms with Crippen molar-refractivity contribution in [1.29, 1.82) is 0 Å². The molecule has 0 aromatic carbocycles. The second kappa shape index (κ2) is 11.6. The Morgan fingerprint density at radius 2 is 1.85 bits per heavy atom. The van der Waals surface area contributed by atoms with E-state index in [0.717, 1.165) is 18.4 Å². The van der Waals surface area contributed by atoms with Crippen LogP contribution in [-0.4, -0.2) is 69.6 Å². The molecule has 0 heterocycles. The highest BCUT2D eigenvalue weighted by Gasteiger charge is 2.68. The van der Waals surface area contributed by atoms with E-state index < -0.39 is 46.9 Å². The smallest absolute Gasteiger partial charge is 0.306 e. The van der Waals surface area contributed by atoms with Crippen LogP contribution < -0.4 is 5.32 Å². The van der Waals surface area contributed by atoms with Gasteiger partial charge in [-0.3, -0.25) is 24.0 Å². The molecule has 0 radical (unpaired) electrons. The fourth-order valence-corrected chi connectivity index (χ4v) is 8.06. The Bertz CT molecular complexity index is 1130. The molecule has 4 rings (SSSR count). The minimum absolute atomic E-state index is 0.00542. The zero-order valence-electron chi connectivity index (χ0n) is 23.3. The Balaban J connectivity index is 1.32. The normalized spacial score (nSPS) is 36.1. The minimum atomic E-state index is -1.74. The molecule has 0 bridgehead atoms. The molecule has 40 heavy (non-hydrogen) atoms. The summed E-state index contributed by atoms with van der Waals surface area (Å²) in [6.07, 6.45) is 7.59. The van der Waals surface area contributed by atoms with Gasteiger partial charge in [0, 0.05) is 36.1 Å². The topological polar surface area (TPSA) is 167 Å². The molecular weight excluding hydrogens is 518 g/mol. The Morgan fingerprint density at radius 1 is 1.10 bits per heavy atom. The summed E-state index contributed by atoms with van der Waals surface area (Å²) in [6.45, 7) is 3.63. The van der Waals surface area contributed by atoms with Gasteiger partial charge in [-0.1, -0.05) is 25.5 Å². The van der Waals surface area contributed by atoms with Gasteiger partial charge in [-0.25, -0.2) is 0 Å². The summed E-state index contributed by atoms with van der Waals surface area (Å²) in [5.74, 6) is -2.67. The first kappa shape index (κ1) is 30.1. The van der Waals surface area contributed by atoms with Gasteiger partial charge in [0.05, 0.1) is 12.5 Å². The summed E-state index contributed by atoms with van der Waals surface area (Å²) in [5.41, 5.74) is -2.04. The monoisotopic (exact) mass is 559 g/mol. The van der Waals surface area contributed by atoms with Crippen LogP contribution in [0.15, 0.2) is 23.8 Å². The van der Waals surface area contributed by atoms with Crippen LogP contribution in [0.4, 0.5) is 0 Å². The Labute approximate surface area is 234 Å². The molecule has 7 atom stereocenters. The second-order valence-electron chi connectivity index (χ2n) is 12.4. The number of fused-ring (bicyclic) bond motifs is 5. The van der Waals surface area contributed by atoms with Gasteiger partial charge in [0.1, 0.15) is 5.60 Å². The third kappa shape index (κ3) is 5.52. The van der Waals surface area contributed by atoms with Crippen molar-refractivity contribution >= 4 is 29.4 Å². The maximum absolute atomic E-state index is 13.3. The Hall–Kier alpha value is -2.85. The number of hydrogen-bond acceptors (Lipinski definition) is 8. The van der Waals surface area contributed by atoms with Gasteiger partial charge in [0.25, 0.3) is 0 Å². The number of amides is 1. The number of aliphatic carboxylic acids is 1. The van der Waals surface area contributed by atoms with Crippen LogP contribution in [0.3, 0.4) is 0 Å². The second-order valence-corrected chi connectivity index (χ2v) is 12.4. The van der Waals surface area contributed by atoms with E-state index in [0.29, 0.717) is 25.8 Å². The molecular formula is C30H41NO9. The maximum atomic E-state index is 13.3. The number of unbranched alkanes of at least 4 members (excludes halogenated alkanes) is 1. The number of carbonyl (C=O) groups is 5. The predicted octanol–water partition coefficient (Wildman–Crippen LogP) is 2.26. The van der Waals surface area contributed by atoms with Crippen LogP contribution in [0.1, 0.15) is 78.1 Å². The summed E-state index contributed by atoms with van der Waals surface area (Å²) in [7, 11) is 0. The zero-order valence-corrected chi connectivity index (χ0v) is 23.3. The molecule has 4 aliphatic carbocycles. The van der Waals surface area contributed by atoms with Crippen LogP contribution in [0.2, 0.25) is 0 Å². The average Bonchev–Trinajstić information content (AvgIpc) is 3.16. The molecule has 0 aromatic heterocycles. The van der Waals surface area contributed by atoms with Gasteiger partial charge < -0.3 is 25.4 Å². The lowest BCUT2D eigenvalue weighted by molar-refractivity contribution is -0.181. The number of Topliss-reactive ketones (excluding diaryl/α,β-unsaturated/α-hetero) is 1. The largest absolute Gasteiger partial charge is 0.481 e. The third-order valence-corrected chi connectivity index (χ3v) is 10.2. The number of aliphatic hydroxyl groups is 2. The highest BCUT2D eigenvalue weighted by Crippen LogP contribution is 2.67. The van der Waals surface area contributed by atoms with E-state index in [4.69, 9.17) is 9.84 Å². The molecule has 0 aliphatic heterocycles. The number of ketones is 2. The van der Waals surface area contributed by atoms with E-state index in [1.54, 1.807) is 12.2 Å². The highest BCUT2D eigenvalue weighted by molar-refractivity contribution is 6.01. The van der Waals surface area contributed by atoms with Gasteiger partial charge in [-0.05, 0) is 68.9 Å². The van der Waals surface area contributed by atoms with E-state index in [1.165, 1.54) is 0 Å². The molecule has 4 N–H and O–H groups in total. The lowest BCUT2D eigenvalue weighted by Gasteiger charge is -2.59. The first-order chi connectivity index (χ1) is 18.8. The van der Waals surface area contributed by atoms with Gasteiger partial charge >= 0.3 is 11.9 Å². The number of aliphatic hydroxyl groups excluding tert-OH is 1. The van der Waals surface area contributed by atoms with Crippen molar-refractivity contribution < 1.29 is 44.0 Å². The van der Waals surface area contributed by atoms with E-state index in [9.17, 15) is 34.2 Å². The van der Waals surface area contributed by atoms with Crippen molar-refractivity contribution in [1.82, 2.24) is 5.32 Å². The van der Waals surface area contributed by atoms with Crippen LogP contribution in [0.5, 0.6) is 0 Å². The first-order valence-corrected chi connectivity index (χ1v) is 14.3. The molecule has 10 heteroatoms. The summed E-state index contributed by atoms with van der Waals surface area (Å²) < 4.78 is 5.15. The van der Waals surface area contributed by atoms with E-state index in [1.807, 2.05) is 13.0 Å². The highest BCUT2D eigenvalue weighted by atomic mass is 16.5. The molecule has 7 unspecified atom stereocenters. The number of carboxylic acids is 1. The Morgan fingerprint density at radius 3 is 2.58 bits per heavy atom. The number of hydrogen-bond donors (Lipinski definition) is 4. The van der Waals surface area contributed by atoms with Crippen LogP contribution in [0, 0.1) is 28.6 Å². The average molecular weight is 560 g/mol. The van der Waals surface area contributed by atoms with Crippen molar-refractivity contribution in [2.45, 2.75) is 89.8 Å². The van der Waals surface area contributed by atoms with Crippen LogP contribution >= 0.6 is 0 Å². The number of carbonyl (C=O) groups excluding carboxylic acids is 4. The summed E-state index contributed by atoms with van der Waals surface area (Å²) in [4.78, 5) is 60.0. The molecule has 1 amide bonds. The quantitative estimate of drug-likeness (QED) is 0.219. The van der Waals surface area contributed by atoms with Crippen molar-refractivity contribution in [2.75, 3.05) is 13.2 Å². The fraction of sp³-hybridized carbons (Fsp3) is 0.700. The van der Waals surface area contributed by atoms with E-state index in [2.05, 4.69) is 12.2 Å². The molecule has 0 aromatic rings. The first-order valence-electron chi connectivity index (χ1n) is 14.3. The zero-order chi connectivity index (χ0) is 29.3. The molecule has 3 fully saturated rings. The molecule has 3 saturated carbocycles. The van der Waals surface area contributed by atoms with Crippen LogP contribution in [0.25, 0.3) is 0 Å². The minimum Gasteiger partial charge on any atom is -0.481 e. The number of rotatable bonds is 11. The van der Waals surface area contributed by atoms with Gasteiger partial charge in [0.15, 0.2) is 12.4 Å². The number of ether oxygens (including phenoxy) is 1. The number of nitrogens with one attached hydrogen (secondary N) is 1. The van der Waals surface area contributed by atoms with Crippen molar-refractivity contribution in [3.05, 3.63) is 23.8 Å². The number of esters is 1. The standard InChI is InChI=1S/C30H41NO9/c1-28-12-10-19(32)15-18(28)6-7-20-21-11-13-30(39,29(21,2)16-22(33)27(20)28)23(34)17-40-26(38)9-8-24(35)31-14-4-3-5-25(36)37/h10,12,15,20-22,27,33,39H,3-9,11,13-14,16-17H2,1-2H3,(H,31,35)(H,36,37). The predicted molar refractivity (Wildman–Crippen MR) is 143 cm³/mol. The van der Waals surface area contributed by atoms with Crippen molar-refractivity contribution in [2.24, 2.45) is 28.6 Å². The van der Waals surface area contributed by atoms with Crippen molar-refractivity contribution in [3.63, 3.8) is 0 Å². The molecule has 0 spiro atoms.